The number of rotatable bonds is 71. The summed E-state index contributed by atoms with van der Waals surface area (Å²) >= 11 is 0. The zero-order chi connectivity index (χ0) is 76.0. The van der Waals surface area contributed by atoms with Crippen LogP contribution in [0, 0.1) is 0 Å². The number of amides is 1. The van der Waals surface area contributed by atoms with Gasteiger partial charge in [-0.25, -0.2) is 0 Å². The number of hydrogen-bond donors (Lipinski definition) is 12. The van der Waals surface area contributed by atoms with Crippen LogP contribution < -0.4 is 5.32 Å². The van der Waals surface area contributed by atoms with E-state index in [2.05, 4.69) is 43.5 Å². The summed E-state index contributed by atoms with van der Waals surface area (Å²) in [5.41, 5.74) is 0. The molecule has 3 rings (SSSR count). The molecule has 0 spiro atoms. The Morgan fingerprint density at radius 2 is 0.610 bits per heavy atom. The minimum Gasteiger partial charge on any atom is -0.394 e. The monoisotopic (exact) mass is 1500 g/mol. The van der Waals surface area contributed by atoms with Gasteiger partial charge in [-0.05, 0) is 44.9 Å². The number of aliphatic hydroxyl groups is 11. The number of carbonyl (C=O) groups is 1. The molecule has 0 radical (unpaired) electrons. The molecule has 0 bridgehead atoms. The zero-order valence-corrected chi connectivity index (χ0v) is 66.5. The van der Waals surface area contributed by atoms with E-state index in [-0.39, 0.29) is 18.9 Å². The van der Waals surface area contributed by atoms with E-state index in [0.717, 1.165) is 44.9 Å². The van der Waals surface area contributed by atoms with Crippen LogP contribution in [0.5, 0.6) is 0 Å². The maximum atomic E-state index is 13.5. The van der Waals surface area contributed by atoms with Gasteiger partial charge in [-0.2, -0.15) is 0 Å². The molecule has 0 aliphatic carbocycles. The van der Waals surface area contributed by atoms with E-state index in [0.29, 0.717) is 12.8 Å². The Morgan fingerprint density at radius 3 is 0.952 bits per heavy atom. The Morgan fingerprint density at radius 1 is 0.333 bits per heavy atom. The van der Waals surface area contributed by atoms with Crippen molar-refractivity contribution >= 4 is 5.91 Å². The number of unbranched alkanes of at least 4 members (excludes halogenated alkanes) is 51. The average molecular weight is 1500 g/mol. The minimum absolute atomic E-state index is 0.237. The normalized spacial score (nSPS) is 25.9. The molecule has 3 heterocycles. The first-order valence-electron chi connectivity index (χ1n) is 43.7. The van der Waals surface area contributed by atoms with Crippen molar-refractivity contribution in [2.75, 3.05) is 26.4 Å². The van der Waals surface area contributed by atoms with Crippen LogP contribution in [0.25, 0.3) is 0 Å². The lowest BCUT2D eigenvalue weighted by molar-refractivity contribution is -0.379. The molecule has 0 aromatic heterocycles. The van der Waals surface area contributed by atoms with Gasteiger partial charge in [-0.3, -0.25) is 4.79 Å². The van der Waals surface area contributed by atoms with E-state index in [9.17, 15) is 61.0 Å². The van der Waals surface area contributed by atoms with Crippen LogP contribution in [-0.2, 0) is 33.2 Å². The fraction of sp³-hybridized carbons (Fsp3) is 0.919. The van der Waals surface area contributed by atoms with Gasteiger partial charge in [0.05, 0.1) is 38.6 Å². The van der Waals surface area contributed by atoms with Gasteiger partial charge in [0.1, 0.15) is 73.2 Å². The molecule has 3 fully saturated rings. The van der Waals surface area contributed by atoms with Crippen molar-refractivity contribution in [1.82, 2.24) is 5.32 Å². The fourth-order valence-corrected chi connectivity index (χ4v) is 14.9. The molecule has 105 heavy (non-hydrogen) atoms. The van der Waals surface area contributed by atoms with Gasteiger partial charge in [0.25, 0.3) is 0 Å². The Bertz CT molecular complexity index is 2030. The highest BCUT2D eigenvalue weighted by Gasteiger charge is 2.54. The standard InChI is InChI=1S/C86H161NO18/c1-3-5-7-9-11-13-15-17-19-21-23-25-27-29-31-33-34-36-37-39-41-43-45-47-49-51-53-55-57-59-61-63-70(91)69(87-74(92)64-62-60-58-56-54-52-50-48-46-44-42-40-38-35-32-30-28-26-24-22-20-18-16-14-12-10-8-6-4-2)68-100-84-80(98)77(95)82(72(66-89)102-84)105-86-81(99)78(96)83(73(67-90)103-86)104-85-79(97)76(94)75(93)71(65-88)101-85/h45,47,53,55,61,63,69-73,75-86,88-91,93-99H,3-44,46,48-52,54,56-60,62,64-68H2,1-2H3,(H,87,92)/b47-45+,55-53+,63-61+. The Kier molecular flexibility index (Phi) is 61.7. The molecule has 618 valence electrons. The van der Waals surface area contributed by atoms with E-state index >= 15 is 0 Å². The highest BCUT2D eigenvalue weighted by atomic mass is 16.8. The first-order valence-corrected chi connectivity index (χ1v) is 43.7. The van der Waals surface area contributed by atoms with Gasteiger partial charge in [0, 0.05) is 6.42 Å². The van der Waals surface area contributed by atoms with Gasteiger partial charge >= 0.3 is 0 Å². The summed E-state index contributed by atoms with van der Waals surface area (Å²) in [6, 6.07) is -0.997. The molecule has 19 nitrogen and oxygen atoms in total. The largest absolute Gasteiger partial charge is 0.394 e. The Balaban J connectivity index is 1.36. The molecular weight excluding hydrogens is 1330 g/mol. The van der Waals surface area contributed by atoms with Crippen molar-refractivity contribution < 1.29 is 89.4 Å². The number of hydrogen-bond acceptors (Lipinski definition) is 18. The second-order valence-electron chi connectivity index (χ2n) is 31.3. The lowest BCUT2D eigenvalue weighted by Crippen LogP contribution is -2.66. The van der Waals surface area contributed by atoms with Gasteiger partial charge in [0.15, 0.2) is 18.9 Å². The van der Waals surface area contributed by atoms with Crippen LogP contribution in [0.2, 0.25) is 0 Å². The van der Waals surface area contributed by atoms with Crippen molar-refractivity contribution in [2.45, 2.75) is 478 Å². The molecular formula is C86H161NO18. The van der Waals surface area contributed by atoms with Crippen LogP contribution in [0.3, 0.4) is 0 Å². The van der Waals surface area contributed by atoms with E-state index < -0.39 is 124 Å². The summed E-state index contributed by atoms with van der Waals surface area (Å²) < 4.78 is 34.5. The van der Waals surface area contributed by atoms with E-state index in [1.54, 1.807) is 6.08 Å². The van der Waals surface area contributed by atoms with Gasteiger partial charge < -0.3 is 89.9 Å². The van der Waals surface area contributed by atoms with Crippen molar-refractivity contribution in [3.8, 4) is 0 Å². The lowest BCUT2D eigenvalue weighted by Gasteiger charge is -2.48. The van der Waals surface area contributed by atoms with Crippen LogP contribution in [0.1, 0.15) is 373 Å². The lowest BCUT2D eigenvalue weighted by atomic mass is 9.96. The first-order chi connectivity index (χ1) is 51.3. The third-order valence-corrected chi connectivity index (χ3v) is 21.9. The number of aliphatic hydroxyl groups excluding tert-OH is 11. The van der Waals surface area contributed by atoms with Crippen molar-refractivity contribution in [1.29, 1.82) is 0 Å². The average Bonchev–Trinajstić information content (AvgIpc) is 0.781. The predicted molar refractivity (Wildman–Crippen MR) is 420 cm³/mol. The molecule has 17 atom stereocenters. The van der Waals surface area contributed by atoms with Crippen LogP contribution >= 0.6 is 0 Å². The maximum absolute atomic E-state index is 13.5. The summed E-state index contributed by atoms with van der Waals surface area (Å²) in [5, 5.41) is 121. The molecule has 1 amide bonds. The van der Waals surface area contributed by atoms with Gasteiger partial charge in [-0.15, -0.1) is 0 Å². The van der Waals surface area contributed by atoms with Crippen LogP contribution in [0.15, 0.2) is 36.5 Å². The Hall–Kier alpha value is -1.99. The third-order valence-electron chi connectivity index (χ3n) is 21.9. The third kappa shape index (κ3) is 46.0. The highest BCUT2D eigenvalue weighted by Crippen LogP contribution is 2.33. The maximum Gasteiger partial charge on any atom is 0.220 e. The van der Waals surface area contributed by atoms with Crippen LogP contribution in [0.4, 0.5) is 0 Å². The number of ether oxygens (including phenoxy) is 6. The zero-order valence-electron chi connectivity index (χ0n) is 66.5. The molecule has 0 aromatic rings. The summed E-state index contributed by atoms with van der Waals surface area (Å²) in [4.78, 5) is 13.5. The van der Waals surface area contributed by atoms with E-state index in [4.69, 9.17) is 28.4 Å². The Labute approximate surface area is 638 Å². The van der Waals surface area contributed by atoms with E-state index in [1.165, 1.54) is 295 Å². The summed E-state index contributed by atoms with van der Waals surface area (Å²) in [6.45, 7) is 1.78. The molecule has 19 heteroatoms. The number of allylic oxidation sites excluding steroid dienone is 5. The first kappa shape index (κ1) is 97.2. The van der Waals surface area contributed by atoms with Crippen LogP contribution in [-0.4, -0.2) is 193 Å². The smallest absolute Gasteiger partial charge is 0.220 e. The van der Waals surface area contributed by atoms with Crippen molar-refractivity contribution in [2.24, 2.45) is 0 Å². The number of nitrogens with one attached hydrogen (secondary N) is 1. The van der Waals surface area contributed by atoms with Gasteiger partial charge in [-0.1, -0.05) is 359 Å². The van der Waals surface area contributed by atoms with Crippen molar-refractivity contribution in [3.05, 3.63) is 36.5 Å². The molecule has 0 saturated carbocycles. The molecule has 0 aromatic carbocycles. The summed E-state index contributed by atoms with van der Waals surface area (Å²) in [7, 11) is 0. The minimum atomic E-state index is -1.98. The molecule has 17 unspecified atom stereocenters. The molecule has 3 saturated heterocycles. The highest BCUT2D eigenvalue weighted by molar-refractivity contribution is 5.76. The molecule has 3 aliphatic rings. The summed E-state index contributed by atoms with van der Waals surface area (Å²) in [5.74, 6) is -0.281. The quantitative estimate of drug-likeness (QED) is 0.0199. The fourth-order valence-electron chi connectivity index (χ4n) is 14.9. The molecule has 3 aliphatic heterocycles. The number of carbonyl (C=O) groups excluding carboxylic acids is 1. The topological polar surface area (TPSA) is 307 Å². The second-order valence-corrected chi connectivity index (χ2v) is 31.3. The van der Waals surface area contributed by atoms with Gasteiger partial charge in [0.2, 0.25) is 5.91 Å². The predicted octanol–water partition coefficient (Wildman–Crippen LogP) is 15.9. The molecule has 12 N–H and O–H groups in total. The second kappa shape index (κ2) is 66.6. The summed E-state index contributed by atoms with van der Waals surface area (Å²) in [6.07, 6.45) is 57.3. The SMILES string of the molecule is CCCCCCCCCCCCCCCCCCCCCCC/C=C/CC/C=C/CC/C=C/C(O)C(COC1OC(CO)C(OC2OC(CO)C(OC3OC(CO)C(O)C(O)C3O)C(O)C2O)C(O)C1O)NC(=O)CCCCCCCCCCCCCCCCCCCCCCCCCCCCCCC. The van der Waals surface area contributed by atoms with E-state index in [1.807, 2.05) is 6.08 Å². The van der Waals surface area contributed by atoms with Crippen molar-refractivity contribution in [3.63, 3.8) is 0 Å².